The molecule has 1 aromatic heterocycles. The van der Waals surface area contributed by atoms with E-state index in [1.54, 1.807) is 23.1 Å². The van der Waals surface area contributed by atoms with Crippen LogP contribution in [-0.4, -0.2) is 40.2 Å². The highest BCUT2D eigenvalue weighted by molar-refractivity contribution is 7.99. The van der Waals surface area contributed by atoms with E-state index in [0.717, 1.165) is 23.5 Å². The van der Waals surface area contributed by atoms with Gasteiger partial charge >= 0.3 is 0 Å². The van der Waals surface area contributed by atoms with E-state index in [9.17, 15) is 4.79 Å². The van der Waals surface area contributed by atoms with Gasteiger partial charge in [0.25, 0.3) is 0 Å². The lowest BCUT2D eigenvalue weighted by Gasteiger charge is -2.21. The lowest BCUT2D eigenvalue weighted by atomic mass is 10.2. The topological polar surface area (TPSA) is 62.2 Å². The number of carbonyl (C=O) groups is 1. The van der Waals surface area contributed by atoms with Crippen LogP contribution in [0.15, 0.2) is 5.38 Å². The van der Waals surface area contributed by atoms with Gasteiger partial charge in [-0.25, -0.2) is 4.98 Å². The minimum Gasteiger partial charge on any atom is -0.395 e. The first-order valence-electron chi connectivity index (χ1n) is 6.40. The average Bonchev–Trinajstić information content (AvgIpc) is 2.76. The molecule has 0 spiro atoms. The molecule has 4 nitrogen and oxygen atoms in total. The molecule has 1 rings (SSSR count). The van der Waals surface area contributed by atoms with Gasteiger partial charge in [0.15, 0.2) is 0 Å². The number of amides is 1. The Kier molecular flexibility index (Phi) is 7.41. The summed E-state index contributed by atoms with van der Waals surface area (Å²) in [6.45, 7) is 4.00. The zero-order valence-corrected chi connectivity index (χ0v) is 13.3. The Morgan fingerprint density at radius 2 is 2.37 bits per heavy atom. The summed E-state index contributed by atoms with van der Waals surface area (Å²) in [5, 5.41) is 15.3. The van der Waals surface area contributed by atoms with Crippen molar-refractivity contribution in [2.75, 3.05) is 12.9 Å². The monoisotopic (exact) mass is 302 g/mol. The van der Waals surface area contributed by atoms with Gasteiger partial charge in [0.2, 0.25) is 5.91 Å². The van der Waals surface area contributed by atoms with Gasteiger partial charge in [-0.05, 0) is 32.9 Å². The zero-order chi connectivity index (χ0) is 14.3. The molecule has 0 aromatic carbocycles. The number of carbonyl (C=O) groups excluding carboxylic acids is 1. The highest BCUT2D eigenvalue weighted by atomic mass is 32.2. The van der Waals surface area contributed by atoms with Crippen molar-refractivity contribution >= 4 is 29.0 Å². The highest BCUT2D eigenvalue weighted by Crippen LogP contribution is 2.12. The molecule has 0 fully saturated rings. The summed E-state index contributed by atoms with van der Waals surface area (Å²) >= 11 is 3.21. The Balaban J connectivity index is 2.24. The number of aliphatic hydroxyl groups excluding tert-OH is 1. The Labute approximate surface area is 123 Å². The van der Waals surface area contributed by atoms with Gasteiger partial charge < -0.3 is 10.4 Å². The molecular formula is C13H22N2O2S2. The van der Waals surface area contributed by atoms with Gasteiger partial charge in [-0.15, -0.1) is 11.3 Å². The number of hydrogen-bond donors (Lipinski definition) is 2. The maximum absolute atomic E-state index is 11.8. The van der Waals surface area contributed by atoms with Gasteiger partial charge in [-0.2, -0.15) is 11.8 Å². The number of thiazole rings is 1. The van der Waals surface area contributed by atoms with E-state index >= 15 is 0 Å². The number of thioether (sulfide) groups is 1. The number of nitrogens with one attached hydrogen (secondary N) is 1. The smallest absolute Gasteiger partial charge is 0.220 e. The summed E-state index contributed by atoms with van der Waals surface area (Å²) in [4.78, 5) is 16.1. The van der Waals surface area contributed by atoms with Gasteiger partial charge in [-0.3, -0.25) is 4.79 Å². The summed E-state index contributed by atoms with van der Waals surface area (Å²) in [6.07, 6.45) is 4.10. The standard InChI is InChI=1S/C13H22N2O2S2/c1-9(12(7-16)18-3)14-13(17)6-4-5-11-8-19-10(2)15-11/h8-9,12,16H,4-7H2,1-3H3,(H,14,17). The molecular weight excluding hydrogens is 280 g/mol. The van der Waals surface area contributed by atoms with E-state index in [0.29, 0.717) is 6.42 Å². The molecule has 0 saturated carbocycles. The van der Waals surface area contributed by atoms with E-state index in [-0.39, 0.29) is 23.8 Å². The Bertz CT molecular complexity index is 392. The van der Waals surface area contributed by atoms with Crippen molar-refractivity contribution in [2.24, 2.45) is 0 Å². The Hall–Kier alpha value is -0.590. The molecule has 0 radical (unpaired) electrons. The number of aromatic nitrogens is 1. The van der Waals surface area contributed by atoms with Crippen molar-refractivity contribution < 1.29 is 9.90 Å². The van der Waals surface area contributed by atoms with Crippen molar-refractivity contribution in [1.29, 1.82) is 0 Å². The largest absolute Gasteiger partial charge is 0.395 e. The SMILES string of the molecule is CSC(CO)C(C)NC(=O)CCCc1csc(C)n1. The van der Waals surface area contributed by atoms with Crippen LogP contribution in [0.3, 0.4) is 0 Å². The van der Waals surface area contributed by atoms with Crippen LogP contribution in [0.2, 0.25) is 0 Å². The molecule has 0 bridgehead atoms. The summed E-state index contributed by atoms with van der Waals surface area (Å²) in [5.74, 6) is 0.0481. The average molecular weight is 302 g/mol. The predicted molar refractivity (Wildman–Crippen MR) is 81.8 cm³/mol. The first-order chi connectivity index (χ1) is 9.06. The summed E-state index contributed by atoms with van der Waals surface area (Å²) in [7, 11) is 0. The molecule has 1 heterocycles. The van der Waals surface area contributed by atoms with Crippen LogP contribution < -0.4 is 5.32 Å². The minimum atomic E-state index is -0.00554. The molecule has 2 atom stereocenters. The zero-order valence-electron chi connectivity index (χ0n) is 11.7. The van der Waals surface area contributed by atoms with Gasteiger partial charge in [0.05, 0.1) is 17.3 Å². The van der Waals surface area contributed by atoms with Gasteiger partial charge in [-0.1, -0.05) is 0 Å². The number of rotatable bonds is 8. The lowest BCUT2D eigenvalue weighted by molar-refractivity contribution is -0.121. The second kappa shape index (κ2) is 8.55. The first kappa shape index (κ1) is 16.5. The van der Waals surface area contributed by atoms with Crippen LogP contribution >= 0.6 is 23.1 Å². The predicted octanol–water partition coefficient (Wildman–Crippen LogP) is 2.00. The van der Waals surface area contributed by atoms with Crippen LogP contribution in [-0.2, 0) is 11.2 Å². The fraction of sp³-hybridized carbons (Fsp3) is 0.692. The van der Waals surface area contributed by atoms with Crippen LogP contribution in [0.25, 0.3) is 0 Å². The van der Waals surface area contributed by atoms with E-state index < -0.39 is 0 Å². The third-order valence-electron chi connectivity index (χ3n) is 2.93. The van der Waals surface area contributed by atoms with Gasteiger partial charge in [0, 0.05) is 23.1 Å². The first-order valence-corrected chi connectivity index (χ1v) is 8.57. The van der Waals surface area contributed by atoms with E-state index in [1.165, 1.54) is 0 Å². The summed E-state index contributed by atoms with van der Waals surface area (Å²) in [6, 6.07) is -0.00554. The van der Waals surface area contributed by atoms with Gasteiger partial charge in [0.1, 0.15) is 0 Å². The van der Waals surface area contributed by atoms with E-state index in [4.69, 9.17) is 5.11 Å². The quantitative estimate of drug-likeness (QED) is 0.771. The number of aliphatic hydroxyl groups is 1. The van der Waals surface area contributed by atoms with E-state index in [1.807, 2.05) is 25.5 Å². The number of hydrogen-bond acceptors (Lipinski definition) is 5. The molecule has 0 saturated heterocycles. The van der Waals surface area contributed by atoms with Crippen molar-refractivity contribution in [3.8, 4) is 0 Å². The van der Waals surface area contributed by atoms with Crippen molar-refractivity contribution in [1.82, 2.24) is 10.3 Å². The fourth-order valence-corrected chi connectivity index (χ4v) is 3.08. The number of aryl methyl sites for hydroxylation is 2. The molecule has 2 N–H and O–H groups in total. The number of nitrogens with zero attached hydrogens (tertiary/aromatic N) is 1. The molecule has 0 aliphatic heterocycles. The van der Waals surface area contributed by atoms with Crippen LogP contribution in [0.5, 0.6) is 0 Å². The fourth-order valence-electron chi connectivity index (χ4n) is 1.81. The van der Waals surface area contributed by atoms with Crippen molar-refractivity contribution in [3.63, 3.8) is 0 Å². The second-order valence-corrected chi connectivity index (χ2v) is 6.66. The molecule has 2 unspecified atom stereocenters. The van der Waals surface area contributed by atoms with Crippen LogP contribution in [0, 0.1) is 6.92 Å². The Morgan fingerprint density at radius 3 is 2.89 bits per heavy atom. The second-order valence-electron chi connectivity index (χ2n) is 4.52. The summed E-state index contributed by atoms with van der Waals surface area (Å²) in [5.41, 5.74) is 1.07. The molecule has 108 valence electrons. The normalized spacial score (nSPS) is 14.1. The molecule has 1 aromatic rings. The molecule has 0 aliphatic rings. The highest BCUT2D eigenvalue weighted by Gasteiger charge is 2.16. The Morgan fingerprint density at radius 1 is 1.63 bits per heavy atom. The van der Waals surface area contributed by atoms with Crippen molar-refractivity contribution in [3.05, 3.63) is 16.1 Å². The lowest BCUT2D eigenvalue weighted by Crippen LogP contribution is -2.41. The molecule has 0 aliphatic carbocycles. The molecule has 1 amide bonds. The van der Waals surface area contributed by atoms with E-state index in [2.05, 4.69) is 10.3 Å². The van der Waals surface area contributed by atoms with Crippen LogP contribution in [0.1, 0.15) is 30.5 Å². The molecule has 6 heteroatoms. The third kappa shape index (κ3) is 5.93. The summed E-state index contributed by atoms with van der Waals surface area (Å²) < 4.78 is 0. The minimum absolute atomic E-state index is 0.00554. The van der Waals surface area contributed by atoms with Crippen molar-refractivity contribution in [2.45, 2.75) is 44.4 Å². The van der Waals surface area contributed by atoms with Crippen LogP contribution in [0.4, 0.5) is 0 Å². The third-order valence-corrected chi connectivity index (χ3v) is 4.92. The molecule has 19 heavy (non-hydrogen) atoms. The maximum Gasteiger partial charge on any atom is 0.220 e. The maximum atomic E-state index is 11.8.